The van der Waals surface area contributed by atoms with Gasteiger partial charge < -0.3 is 4.90 Å². The third kappa shape index (κ3) is 5.23. The Balaban J connectivity index is 1.58. The molecule has 3 aromatic carbocycles. The van der Waals surface area contributed by atoms with Crippen LogP contribution in [0.2, 0.25) is 0 Å². The highest BCUT2D eigenvalue weighted by Gasteiger charge is 2.35. The summed E-state index contributed by atoms with van der Waals surface area (Å²) in [5.74, 6) is -0.479. The molecule has 4 rings (SSSR count). The Morgan fingerprint density at radius 1 is 0.938 bits per heavy atom. The van der Waals surface area contributed by atoms with E-state index in [9.17, 15) is 17.6 Å². The molecule has 2 atom stereocenters. The van der Waals surface area contributed by atoms with Gasteiger partial charge in [0.1, 0.15) is 5.82 Å². The van der Waals surface area contributed by atoms with E-state index in [1.807, 2.05) is 60.7 Å². The molecular formula is C25H25FN2O3S. The molecule has 0 spiro atoms. The summed E-state index contributed by atoms with van der Waals surface area (Å²) in [6.45, 7) is 0.00236. The van der Waals surface area contributed by atoms with Gasteiger partial charge in [0.2, 0.25) is 5.91 Å². The summed E-state index contributed by atoms with van der Waals surface area (Å²) >= 11 is 0. The molecule has 0 aromatic heterocycles. The second-order valence-corrected chi connectivity index (χ2v) is 10.2. The van der Waals surface area contributed by atoms with Crippen LogP contribution >= 0.6 is 0 Å². The zero-order valence-corrected chi connectivity index (χ0v) is 18.3. The average Bonchev–Trinajstić information content (AvgIpc) is 3.16. The normalized spacial score (nSPS) is 18.2. The fourth-order valence-corrected chi connectivity index (χ4v) is 5.83. The second-order valence-electron chi connectivity index (χ2n) is 7.93. The van der Waals surface area contributed by atoms with Crippen LogP contribution in [-0.2, 0) is 14.6 Å². The zero-order chi connectivity index (χ0) is 22.6. The molecule has 1 heterocycles. The third-order valence-corrected chi connectivity index (χ3v) is 7.42. The SMILES string of the molecule is O=C(CNC(c1ccccc1)c1ccc(F)cc1)N(c1ccccc1)C1CCS(=O)(=O)C1. The Bertz CT molecular complexity index is 1150. The molecule has 166 valence electrons. The quantitative estimate of drug-likeness (QED) is 0.593. The Hall–Kier alpha value is -3.03. The van der Waals surface area contributed by atoms with Gasteiger partial charge in [0.25, 0.3) is 0 Å². The maximum Gasteiger partial charge on any atom is 0.241 e. The number of carbonyl (C=O) groups is 1. The van der Waals surface area contributed by atoms with E-state index in [1.54, 1.807) is 17.0 Å². The number of anilines is 1. The lowest BCUT2D eigenvalue weighted by Crippen LogP contribution is -2.46. The second kappa shape index (κ2) is 9.63. The molecule has 0 saturated carbocycles. The lowest BCUT2D eigenvalue weighted by atomic mass is 9.98. The van der Waals surface area contributed by atoms with Crippen LogP contribution in [0.3, 0.4) is 0 Å². The number of hydrogen-bond acceptors (Lipinski definition) is 4. The standard InChI is InChI=1S/C25H25FN2O3S/c26-21-13-11-20(12-14-21)25(19-7-3-1-4-8-19)27-17-24(29)28(22-9-5-2-6-10-22)23-15-16-32(30,31)18-23/h1-14,23,25,27H,15-18H2. The van der Waals surface area contributed by atoms with Crippen LogP contribution in [0.1, 0.15) is 23.6 Å². The highest BCUT2D eigenvalue weighted by molar-refractivity contribution is 7.91. The Labute approximate surface area is 187 Å². The molecule has 0 aliphatic carbocycles. The molecule has 0 bridgehead atoms. The summed E-state index contributed by atoms with van der Waals surface area (Å²) in [5.41, 5.74) is 2.46. The average molecular weight is 453 g/mol. The first-order valence-electron chi connectivity index (χ1n) is 10.5. The van der Waals surface area contributed by atoms with Gasteiger partial charge in [0.05, 0.1) is 30.1 Å². The molecule has 3 aromatic rings. The van der Waals surface area contributed by atoms with Gasteiger partial charge in [0.15, 0.2) is 9.84 Å². The summed E-state index contributed by atoms with van der Waals surface area (Å²) in [6.07, 6.45) is 0.420. The van der Waals surface area contributed by atoms with E-state index in [-0.39, 0.29) is 35.8 Å². The summed E-state index contributed by atoms with van der Waals surface area (Å²) in [7, 11) is -3.15. The molecule has 5 nitrogen and oxygen atoms in total. The number of hydrogen-bond donors (Lipinski definition) is 1. The number of benzene rings is 3. The number of rotatable bonds is 7. The highest BCUT2D eigenvalue weighted by atomic mass is 32.2. The predicted octanol–water partition coefficient (Wildman–Crippen LogP) is 3.73. The molecule has 1 fully saturated rings. The minimum Gasteiger partial charge on any atom is -0.307 e. The molecule has 1 amide bonds. The van der Waals surface area contributed by atoms with Gasteiger partial charge in [-0.05, 0) is 41.8 Å². The van der Waals surface area contributed by atoms with E-state index in [2.05, 4.69) is 5.32 Å². The number of para-hydroxylation sites is 1. The van der Waals surface area contributed by atoms with Crippen molar-refractivity contribution in [1.82, 2.24) is 5.32 Å². The van der Waals surface area contributed by atoms with Gasteiger partial charge in [-0.15, -0.1) is 0 Å². The van der Waals surface area contributed by atoms with Crippen molar-refractivity contribution in [2.45, 2.75) is 18.5 Å². The highest BCUT2D eigenvalue weighted by Crippen LogP contribution is 2.26. The lowest BCUT2D eigenvalue weighted by molar-refractivity contribution is -0.118. The molecule has 1 aliphatic rings. The van der Waals surface area contributed by atoms with Crippen LogP contribution in [0.25, 0.3) is 0 Å². The van der Waals surface area contributed by atoms with Crippen molar-refractivity contribution in [3.05, 3.63) is 102 Å². The van der Waals surface area contributed by atoms with Gasteiger partial charge in [0, 0.05) is 5.69 Å². The fourth-order valence-electron chi connectivity index (χ4n) is 4.13. The minimum atomic E-state index is -3.15. The smallest absolute Gasteiger partial charge is 0.241 e. The van der Waals surface area contributed by atoms with Crippen LogP contribution in [0.4, 0.5) is 10.1 Å². The number of nitrogens with one attached hydrogen (secondary N) is 1. The molecule has 7 heteroatoms. The number of nitrogens with zero attached hydrogens (tertiary/aromatic N) is 1. The number of halogens is 1. The molecular weight excluding hydrogens is 427 g/mol. The summed E-state index contributed by atoms with van der Waals surface area (Å²) < 4.78 is 37.6. The Morgan fingerprint density at radius 2 is 1.53 bits per heavy atom. The fraction of sp³-hybridized carbons (Fsp3) is 0.240. The summed E-state index contributed by atoms with van der Waals surface area (Å²) in [4.78, 5) is 15.0. The Kier molecular flexibility index (Phi) is 6.67. The van der Waals surface area contributed by atoms with Crippen LogP contribution < -0.4 is 10.2 Å². The number of amides is 1. The van der Waals surface area contributed by atoms with Crippen molar-refractivity contribution >= 4 is 21.4 Å². The maximum atomic E-state index is 13.5. The van der Waals surface area contributed by atoms with Crippen LogP contribution in [-0.4, -0.2) is 38.4 Å². The van der Waals surface area contributed by atoms with Crippen molar-refractivity contribution in [2.24, 2.45) is 0 Å². The first-order chi connectivity index (χ1) is 15.4. The van der Waals surface area contributed by atoms with E-state index in [0.29, 0.717) is 12.1 Å². The predicted molar refractivity (Wildman–Crippen MR) is 124 cm³/mol. The van der Waals surface area contributed by atoms with Crippen molar-refractivity contribution in [2.75, 3.05) is 23.0 Å². The van der Waals surface area contributed by atoms with Crippen molar-refractivity contribution in [1.29, 1.82) is 0 Å². The topological polar surface area (TPSA) is 66.5 Å². The summed E-state index contributed by atoms with van der Waals surface area (Å²) in [5, 5.41) is 3.30. The van der Waals surface area contributed by atoms with Crippen LogP contribution in [0.5, 0.6) is 0 Å². The van der Waals surface area contributed by atoms with Gasteiger partial charge in [-0.25, -0.2) is 12.8 Å². The Morgan fingerprint density at radius 3 is 2.12 bits per heavy atom. The molecule has 1 aliphatic heterocycles. The molecule has 0 radical (unpaired) electrons. The van der Waals surface area contributed by atoms with Gasteiger partial charge in [-0.1, -0.05) is 60.7 Å². The van der Waals surface area contributed by atoms with Crippen molar-refractivity contribution in [3.63, 3.8) is 0 Å². The zero-order valence-electron chi connectivity index (χ0n) is 17.5. The monoisotopic (exact) mass is 452 g/mol. The van der Waals surface area contributed by atoms with Gasteiger partial charge >= 0.3 is 0 Å². The molecule has 2 unspecified atom stereocenters. The molecule has 1 N–H and O–H groups in total. The van der Waals surface area contributed by atoms with Crippen molar-refractivity contribution < 1.29 is 17.6 Å². The van der Waals surface area contributed by atoms with Crippen LogP contribution in [0, 0.1) is 5.82 Å². The largest absolute Gasteiger partial charge is 0.307 e. The first kappa shape index (κ1) is 22.2. The molecule has 32 heavy (non-hydrogen) atoms. The third-order valence-electron chi connectivity index (χ3n) is 5.67. The van der Waals surface area contributed by atoms with E-state index >= 15 is 0 Å². The maximum absolute atomic E-state index is 13.5. The van der Waals surface area contributed by atoms with Crippen LogP contribution in [0.15, 0.2) is 84.9 Å². The lowest BCUT2D eigenvalue weighted by Gasteiger charge is -2.29. The van der Waals surface area contributed by atoms with Crippen molar-refractivity contribution in [3.8, 4) is 0 Å². The van der Waals surface area contributed by atoms with E-state index in [4.69, 9.17) is 0 Å². The first-order valence-corrected chi connectivity index (χ1v) is 12.4. The minimum absolute atomic E-state index is 0.00236. The van der Waals surface area contributed by atoms with E-state index in [0.717, 1.165) is 11.1 Å². The van der Waals surface area contributed by atoms with E-state index in [1.165, 1.54) is 12.1 Å². The number of carbonyl (C=O) groups excluding carboxylic acids is 1. The summed E-state index contributed by atoms with van der Waals surface area (Å²) in [6, 6.07) is 24.3. The van der Waals surface area contributed by atoms with Gasteiger partial charge in [-0.2, -0.15) is 0 Å². The number of sulfone groups is 1. The van der Waals surface area contributed by atoms with E-state index < -0.39 is 15.9 Å². The van der Waals surface area contributed by atoms with Gasteiger partial charge in [-0.3, -0.25) is 10.1 Å². The molecule has 1 saturated heterocycles.